The molecule has 80 valence electrons. The summed E-state index contributed by atoms with van der Waals surface area (Å²) in [6, 6.07) is 0. The third-order valence-corrected chi connectivity index (χ3v) is 1.34. The van der Waals surface area contributed by atoms with Crippen molar-refractivity contribution in [3.8, 4) is 0 Å². The Kier molecular flexibility index (Phi) is 8.27. The molecule has 0 saturated carbocycles. The Bertz CT molecular complexity index is 96.7. The molecule has 0 rings (SSSR count). The van der Waals surface area contributed by atoms with Crippen molar-refractivity contribution in [1.29, 1.82) is 0 Å². The van der Waals surface area contributed by atoms with Crippen molar-refractivity contribution in [2.24, 2.45) is 0 Å². The number of ether oxygens (including phenoxy) is 3. The molecule has 0 aliphatic heterocycles. The standard InChI is InChI=1S/C8H18O5/c1-11-3-7(9)5-13-6-8(10)4-12-2/h7-10H,3-6H2,1-2H3. The Morgan fingerprint density at radius 2 is 1.23 bits per heavy atom. The zero-order chi connectivity index (χ0) is 10.1. The molecule has 0 aromatic carbocycles. The summed E-state index contributed by atoms with van der Waals surface area (Å²) in [4.78, 5) is 0. The molecule has 0 aromatic rings. The second kappa shape index (κ2) is 8.40. The maximum Gasteiger partial charge on any atom is 0.101 e. The van der Waals surface area contributed by atoms with Gasteiger partial charge in [0.25, 0.3) is 0 Å². The molecule has 2 unspecified atom stereocenters. The molecule has 0 saturated heterocycles. The number of hydrogen-bond acceptors (Lipinski definition) is 5. The van der Waals surface area contributed by atoms with E-state index in [1.165, 1.54) is 14.2 Å². The van der Waals surface area contributed by atoms with E-state index < -0.39 is 12.2 Å². The summed E-state index contributed by atoms with van der Waals surface area (Å²) in [5.74, 6) is 0. The van der Waals surface area contributed by atoms with E-state index >= 15 is 0 Å². The summed E-state index contributed by atoms with van der Waals surface area (Å²) >= 11 is 0. The first-order valence-corrected chi connectivity index (χ1v) is 4.12. The van der Waals surface area contributed by atoms with Gasteiger partial charge in [0.2, 0.25) is 0 Å². The van der Waals surface area contributed by atoms with E-state index in [-0.39, 0.29) is 26.4 Å². The number of rotatable bonds is 8. The molecule has 0 aromatic heterocycles. The van der Waals surface area contributed by atoms with Crippen molar-refractivity contribution in [3.05, 3.63) is 0 Å². The number of methoxy groups -OCH3 is 2. The van der Waals surface area contributed by atoms with E-state index in [4.69, 9.17) is 24.4 Å². The molecule has 13 heavy (non-hydrogen) atoms. The van der Waals surface area contributed by atoms with Crippen LogP contribution in [-0.2, 0) is 14.2 Å². The van der Waals surface area contributed by atoms with E-state index in [1.807, 2.05) is 0 Å². The largest absolute Gasteiger partial charge is 0.388 e. The monoisotopic (exact) mass is 194 g/mol. The zero-order valence-electron chi connectivity index (χ0n) is 8.10. The van der Waals surface area contributed by atoms with Crippen LogP contribution in [0.25, 0.3) is 0 Å². The maximum atomic E-state index is 9.13. The van der Waals surface area contributed by atoms with Crippen molar-refractivity contribution >= 4 is 0 Å². The molecule has 0 spiro atoms. The Labute approximate surface area is 78.2 Å². The van der Waals surface area contributed by atoms with Crippen molar-refractivity contribution < 1.29 is 24.4 Å². The summed E-state index contributed by atoms with van der Waals surface area (Å²) in [6.07, 6.45) is -1.28. The lowest BCUT2D eigenvalue weighted by Crippen LogP contribution is -2.26. The summed E-state index contributed by atoms with van der Waals surface area (Å²) in [7, 11) is 3.01. The molecule has 0 bridgehead atoms. The Morgan fingerprint density at radius 1 is 0.846 bits per heavy atom. The molecular formula is C8H18O5. The molecule has 0 radical (unpaired) electrons. The van der Waals surface area contributed by atoms with Gasteiger partial charge in [0.1, 0.15) is 12.2 Å². The molecule has 0 fully saturated rings. The van der Waals surface area contributed by atoms with Gasteiger partial charge >= 0.3 is 0 Å². The van der Waals surface area contributed by atoms with Gasteiger partial charge in [0.15, 0.2) is 0 Å². The molecule has 0 aliphatic rings. The summed E-state index contributed by atoms with van der Waals surface area (Å²) in [5.41, 5.74) is 0. The lowest BCUT2D eigenvalue weighted by atomic mass is 10.4. The van der Waals surface area contributed by atoms with Gasteiger partial charge in [-0.2, -0.15) is 0 Å². The van der Waals surface area contributed by atoms with Crippen LogP contribution in [0.1, 0.15) is 0 Å². The van der Waals surface area contributed by atoms with Crippen LogP contribution in [0.5, 0.6) is 0 Å². The quantitative estimate of drug-likeness (QED) is 0.519. The number of hydrogen-bond donors (Lipinski definition) is 2. The smallest absolute Gasteiger partial charge is 0.101 e. The van der Waals surface area contributed by atoms with Crippen molar-refractivity contribution in [2.75, 3.05) is 40.6 Å². The highest BCUT2D eigenvalue weighted by atomic mass is 16.5. The van der Waals surface area contributed by atoms with Crippen LogP contribution in [0.15, 0.2) is 0 Å². The first kappa shape index (κ1) is 12.8. The highest BCUT2D eigenvalue weighted by molar-refractivity contribution is 4.54. The minimum Gasteiger partial charge on any atom is -0.388 e. The highest BCUT2D eigenvalue weighted by Crippen LogP contribution is 1.90. The summed E-state index contributed by atoms with van der Waals surface area (Å²) in [6.45, 7) is 0.796. The molecule has 0 heterocycles. The predicted molar refractivity (Wildman–Crippen MR) is 46.6 cm³/mol. The third kappa shape index (κ3) is 8.14. The molecular weight excluding hydrogens is 176 g/mol. The van der Waals surface area contributed by atoms with Gasteiger partial charge in [-0.15, -0.1) is 0 Å². The van der Waals surface area contributed by atoms with E-state index in [0.29, 0.717) is 0 Å². The zero-order valence-corrected chi connectivity index (χ0v) is 8.10. The first-order chi connectivity index (χ1) is 6.20. The molecule has 0 amide bonds. The minimum atomic E-state index is -0.639. The van der Waals surface area contributed by atoms with Gasteiger partial charge in [-0.05, 0) is 0 Å². The maximum absolute atomic E-state index is 9.13. The fourth-order valence-corrected chi connectivity index (χ4v) is 0.821. The van der Waals surface area contributed by atoms with Gasteiger partial charge < -0.3 is 24.4 Å². The van der Waals surface area contributed by atoms with E-state index in [9.17, 15) is 0 Å². The van der Waals surface area contributed by atoms with E-state index in [0.717, 1.165) is 0 Å². The Morgan fingerprint density at radius 3 is 1.54 bits per heavy atom. The van der Waals surface area contributed by atoms with Gasteiger partial charge in [-0.3, -0.25) is 0 Å². The lowest BCUT2D eigenvalue weighted by Gasteiger charge is -2.12. The average molecular weight is 194 g/mol. The fraction of sp³-hybridized carbons (Fsp3) is 1.00. The van der Waals surface area contributed by atoms with Gasteiger partial charge in [0.05, 0.1) is 26.4 Å². The van der Waals surface area contributed by atoms with Crippen LogP contribution in [-0.4, -0.2) is 63.1 Å². The van der Waals surface area contributed by atoms with Crippen molar-refractivity contribution in [3.63, 3.8) is 0 Å². The van der Waals surface area contributed by atoms with Crippen molar-refractivity contribution in [1.82, 2.24) is 0 Å². The first-order valence-electron chi connectivity index (χ1n) is 4.12. The SMILES string of the molecule is COCC(O)COCC(O)COC. The van der Waals surface area contributed by atoms with Crippen LogP contribution in [0.2, 0.25) is 0 Å². The number of aliphatic hydroxyl groups is 2. The van der Waals surface area contributed by atoms with E-state index in [2.05, 4.69) is 0 Å². The summed E-state index contributed by atoms with van der Waals surface area (Å²) < 4.78 is 14.4. The van der Waals surface area contributed by atoms with Crippen molar-refractivity contribution in [2.45, 2.75) is 12.2 Å². The van der Waals surface area contributed by atoms with Crippen LogP contribution >= 0.6 is 0 Å². The van der Waals surface area contributed by atoms with Gasteiger partial charge in [0, 0.05) is 14.2 Å². The second-order valence-electron chi connectivity index (χ2n) is 2.76. The molecule has 2 N–H and O–H groups in total. The van der Waals surface area contributed by atoms with Crippen LogP contribution in [0, 0.1) is 0 Å². The minimum absolute atomic E-state index is 0.161. The fourth-order valence-electron chi connectivity index (χ4n) is 0.821. The van der Waals surface area contributed by atoms with Crippen LogP contribution < -0.4 is 0 Å². The lowest BCUT2D eigenvalue weighted by molar-refractivity contribution is -0.0463. The second-order valence-corrected chi connectivity index (χ2v) is 2.76. The third-order valence-electron chi connectivity index (χ3n) is 1.34. The van der Waals surface area contributed by atoms with Crippen LogP contribution in [0.3, 0.4) is 0 Å². The van der Waals surface area contributed by atoms with E-state index in [1.54, 1.807) is 0 Å². The molecule has 0 aliphatic carbocycles. The molecule has 5 heteroatoms. The molecule has 5 nitrogen and oxygen atoms in total. The van der Waals surface area contributed by atoms with Gasteiger partial charge in [-0.25, -0.2) is 0 Å². The molecule has 2 atom stereocenters. The van der Waals surface area contributed by atoms with Crippen LogP contribution in [0.4, 0.5) is 0 Å². The topological polar surface area (TPSA) is 68.2 Å². The highest BCUT2D eigenvalue weighted by Gasteiger charge is 2.06. The predicted octanol–water partition coefficient (Wildman–Crippen LogP) is -0.982. The normalized spacial score (nSPS) is 15.7. The van der Waals surface area contributed by atoms with Gasteiger partial charge in [-0.1, -0.05) is 0 Å². The average Bonchev–Trinajstić information content (AvgIpc) is 2.05. The Balaban J connectivity index is 3.23. The summed E-state index contributed by atoms with van der Waals surface area (Å²) in [5, 5.41) is 18.3. The number of aliphatic hydroxyl groups excluding tert-OH is 2. The Hall–Kier alpha value is -0.200.